The summed E-state index contributed by atoms with van der Waals surface area (Å²) in [6, 6.07) is 15.8. The highest BCUT2D eigenvalue weighted by Gasteiger charge is 2.22. The molecule has 0 aliphatic heterocycles. The van der Waals surface area contributed by atoms with E-state index in [-0.39, 0.29) is 17.7 Å². The van der Waals surface area contributed by atoms with Gasteiger partial charge in [-0.3, -0.25) is 14.4 Å². The van der Waals surface area contributed by atoms with E-state index in [2.05, 4.69) is 20.9 Å². The van der Waals surface area contributed by atoms with Crippen molar-refractivity contribution < 1.29 is 28.6 Å². The van der Waals surface area contributed by atoms with E-state index in [0.717, 1.165) is 0 Å². The number of ether oxygens (including phenoxy) is 3. The molecule has 4 rings (SSSR count). The molecular formula is C33H35ClN4O7. The Morgan fingerprint density at radius 3 is 2.31 bits per heavy atom. The van der Waals surface area contributed by atoms with Gasteiger partial charge in [-0.25, -0.2) is 4.79 Å². The third kappa shape index (κ3) is 8.33. The molecule has 1 atom stereocenters. The molecule has 12 heteroatoms. The Balaban J connectivity index is 1.56. The molecule has 0 spiro atoms. The predicted octanol–water partition coefficient (Wildman–Crippen LogP) is 5.76. The van der Waals surface area contributed by atoms with Gasteiger partial charge in [-0.1, -0.05) is 29.8 Å². The number of amides is 3. The van der Waals surface area contributed by atoms with E-state index in [1.165, 1.54) is 26.4 Å². The van der Waals surface area contributed by atoms with Crippen molar-refractivity contribution in [2.75, 3.05) is 26.1 Å². The molecule has 11 nitrogen and oxygen atoms in total. The summed E-state index contributed by atoms with van der Waals surface area (Å²) in [5.74, 6) is -0.254. The van der Waals surface area contributed by atoms with E-state index < -0.39 is 35.1 Å². The number of rotatable bonds is 9. The second-order valence-corrected chi connectivity index (χ2v) is 11.7. The second kappa shape index (κ2) is 13.7. The normalized spacial score (nSPS) is 11.8. The lowest BCUT2D eigenvalue weighted by atomic mass is 10.0. The third-order valence-electron chi connectivity index (χ3n) is 6.75. The second-order valence-electron chi connectivity index (χ2n) is 11.3. The van der Waals surface area contributed by atoms with Crippen molar-refractivity contribution in [2.45, 2.75) is 39.3 Å². The quantitative estimate of drug-likeness (QED) is 0.183. The summed E-state index contributed by atoms with van der Waals surface area (Å²) >= 11 is 6.20. The summed E-state index contributed by atoms with van der Waals surface area (Å²) in [7, 11) is 2.97. The Labute approximate surface area is 265 Å². The first-order valence-electron chi connectivity index (χ1n) is 14.0. The van der Waals surface area contributed by atoms with Crippen LogP contribution in [0.1, 0.15) is 58.7 Å². The fraction of sp³-hybridized carbons (Fsp3) is 0.273. The fourth-order valence-corrected chi connectivity index (χ4v) is 4.70. The molecule has 0 radical (unpaired) electrons. The summed E-state index contributed by atoms with van der Waals surface area (Å²) in [6.45, 7) is 7.04. The number of aromatic amines is 1. The third-order valence-corrected chi connectivity index (χ3v) is 6.98. The SMILES string of the molecule is COc1cc2cc(C(=O)Nc3cc(C(=O)NC(CNC(=O)OC(C)(C)C)c4cccc(Cl)c4)ccc3C)c(=O)[nH]c2cc1OC. The number of methoxy groups -OCH3 is 2. The number of pyridine rings is 1. The zero-order valence-electron chi connectivity index (χ0n) is 25.8. The van der Waals surface area contributed by atoms with E-state index in [0.29, 0.717) is 44.2 Å². The molecule has 3 aromatic carbocycles. The Morgan fingerprint density at radius 1 is 0.933 bits per heavy atom. The first-order chi connectivity index (χ1) is 21.3. The molecule has 1 unspecified atom stereocenters. The number of nitrogens with one attached hydrogen (secondary N) is 4. The number of carbonyl (C=O) groups is 3. The number of benzene rings is 3. The number of H-pyrrole nitrogens is 1. The van der Waals surface area contributed by atoms with Crippen molar-refractivity contribution in [2.24, 2.45) is 0 Å². The molecule has 0 bridgehead atoms. The van der Waals surface area contributed by atoms with Gasteiger partial charge in [0.2, 0.25) is 0 Å². The van der Waals surface area contributed by atoms with Gasteiger partial charge in [0.15, 0.2) is 11.5 Å². The highest BCUT2D eigenvalue weighted by atomic mass is 35.5. The molecule has 3 amide bonds. The van der Waals surface area contributed by atoms with Crippen LogP contribution in [0.25, 0.3) is 10.9 Å². The number of aromatic nitrogens is 1. The molecule has 45 heavy (non-hydrogen) atoms. The number of alkyl carbamates (subject to hydrolysis) is 1. The molecule has 236 valence electrons. The van der Waals surface area contributed by atoms with E-state index in [1.807, 2.05) is 0 Å². The van der Waals surface area contributed by atoms with Gasteiger partial charge in [-0.15, -0.1) is 0 Å². The smallest absolute Gasteiger partial charge is 0.407 e. The number of aryl methyl sites for hydroxylation is 1. The molecule has 0 fully saturated rings. The molecule has 1 aromatic heterocycles. The lowest BCUT2D eigenvalue weighted by Crippen LogP contribution is -2.40. The van der Waals surface area contributed by atoms with Crippen molar-refractivity contribution in [1.29, 1.82) is 0 Å². The zero-order chi connectivity index (χ0) is 32.9. The Kier molecular flexibility index (Phi) is 10.0. The van der Waals surface area contributed by atoms with E-state index >= 15 is 0 Å². The maximum atomic E-state index is 13.4. The van der Waals surface area contributed by atoms with Gasteiger partial charge < -0.3 is 35.1 Å². The van der Waals surface area contributed by atoms with Gasteiger partial charge in [-0.2, -0.15) is 0 Å². The minimum Gasteiger partial charge on any atom is -0.493 e. The fourth-order valence-electron chi connectivity index (χ4n) is 4.51. The van der Waals surface area contributed by atoms with E-state index in [4.69, 9.17) is 25.8 Å². The zero-order valence-corrected chi connectivity index (χ0v) is 26.5. The Morgan fingerprint density at radius 2 is 1.64 bits per heavy atom. The van der Waals surface area contributed by atoms with Gasteiger partial charge >= 0.3 is 6.09 Å². The number of hydrogen-bond donors (Lipinski definition) is 4. The Bertz CT molecular complexity index is 1810. The maximum Gasteiger partial charge on any atom is 0.407 e. The van der Waals surface area contributed by atoms with Gasteiger partial charge in [0.25, 0.3) is 17.4 Å². The van der Waals surface area contributed by atoms with Crippen LogP contribution in [0.5, 0.6) is 11.5 Å². The van der Waals surface area contributed by atoms with Crippen molar-refractivity contribution in [1.82, 2.24) is 15.6 Å². The maximum absolute atomic E-state index is 13.4. The molecule has 0 saturated heterocycles. The summed E-state index contributed by atoms with van der Waals surface area (Å²) in [5, 5.41) is 9.38. The lowest BCUT2D eigenvalue weighted by molar-refractivity contribution is 0.0519. The average Bonchev–Trinajstić information content (AvgIpc) is 2.98. The first kappa shape index (κ1) is 32.9. The molecule has 0 aliphatic rings. The standard InChI is InChI=1S/C33H35ClN4O7/c1-18-10-11-20(29(39)38-26(19-8-7-9-22(34)12-19)17-35-32(42)45-33(2,3)4)14-24(18)36-30(40)23-13-21-15-27(43-5)28(44-6)16-25(21)37-31(23)41/h7-16,26H,17H2,1-6H3,(H,35,42)(H,36,40)(H,37,41)(H,38,39). The largest absolute Gasteiger partial charge is 0.493 e. The number of fused-ring (bicyclic) bond motifs is 1. The van der Waals surface area contributed by atoms with Crippen molar-refractivity contribution in [3.63, 3.8) is 0 Å². The van der Waals surface area contributed by atoms with Gasteiger partial charge in [0.05, 0.1) is 25.8 Å². The van der Waals surface area contributed by atoms with Crippen LogP contribution >= 0.6 is 11.6 Å². The van der Waals surface area contributed by atoms with Gasteiger partial charge in [-0.05, 0) is 75.2 Å². The van der Waals surface area contributed by atoms with Crippen LogP contribution in [0.3, 0.4) is 0 Å². The number of carbonyl (C=O) groups excluding carboxylic acids is 3. The molecule has 1 heterocycles. The minimum absolute atomic E-state index is 0.0256. The molecule has 0 saturated carbocycles. The molecule has 0 aliphatic carbocycles. The van der Waals surface area contributed by atoms with Crippen LogP contribution in [0, 0.1) is 6.92 Å². The van der Waals surface area contributed by atoms with Crippen LogP contribution in [0.4, 0.5) is 10.5 Å². The lowest BCUT2D eigenvalue weighted by Gasteiger charge is -2.23. The van der Waals surface area contributed by atoms with Gasteiger partial charge in [0, 0.05) is 34.3 Å². The minimum atomic E-state index is -0.695. The predicted molar refractivity (Wildman–Crippen MR) is 173 cm³/mol. The van der Waals surface area contributed by atoms with Crippen molar-refractivity contribution in [3.05, 3.63) is 98.3 Å². The van der Waals surface area contributed by atoms with E-state index in [9.17, 15) is 19.2 Å². The highest BCUT2D eigenvalue weighted by Crippen LogP contribution is 2.31. The average molecular weight is 635 g/mol. The molecule has 4 N–H and O–H groups in total. The number of halogens is 1. The van der Waals surface area contributed by atoms with Crippen LogP contribution < -0.4 is 31.0 Å². The van der Waals surface area contributed by atoms with Crippen LogP contribution in [0.15, 0.2) is 65.5 Å². The molecule has 4 aromatic rings. The number of hydrogen-bond acceptors (Lipinski definition) is 7. The summed E-state index contributed by atoms with van der Waals surface area (Å²) < 4.78 is 16.0. The highest BCUT2D eigenvalue weighted by molar-refractivity contribution is 6.30. The van der Waals surface area contributed by atoms with Crippen LogP contribution in [-0.2, 0) is 4.74 Å². The van der Waals surface area contributed by atoms with Crippen molar-refractivity contribution in [3.8, 4) is 11.5 Å². The summed E-state index contributed by atoms with van der Waals surface area (Å²) in [4.78, 5) is 54.6. The topological polar surface area (TPSA) is 148 Å². The first-order valence-corrected chi connectivity index (χ1v) is 14.4. The Hall–Kier alpha value is -5.03. The van der Waals surface area contributed by atoms with Crippen LogP contribution in [0.2, 0.25) is 5.02 Å². The number of anilines is 1. The van der Waals surface area contributed by atoms with Crippen LogP contribution in [-0.4, -0.2) is 49.3 Å². The summed E-state index contributed by atoms with van der Waals surface area (Å²) in [5.41, 5.74) is 0.965. The van der Waals surface area contributed by atoms with Gasteiger partial charge in [0.1, 0.15) is 11.2 Å². The van der Waals surface area contributed by atoms with E-state index in [1.54, 1.807) is 76.2 Å². The van der Waals surface area contributed by atoms with Crippen molar-refractivity contribution >= 4 is 46.1 Å². The molecular weight excluding hydrogens is 600 g/mol. The summed E-state index contributed by atoms with van der Waals surface area (Å²) in [6.07, 6.45) is -0.634. The monoisotopic (exact) mass is 634 g/mol.